The number of aryl methyl sites for hydroxylation is 1. The van der Waals surface area contributed by atoms with Gasteiger partial charge in [-0.2, -0.15) is 0 Å². The topological polar surface area (TPSA) is 94.3 Å². The van der Waals surface area contributed by atoms with Gasteiger partial charge in [-0.05, 0) is 59.5 Å². The quantitative estimate of drug-likeness (QED) is 0.363. The van der Waals surface area contributed by atoms with Crippen molar-refractivity contribution >= 4 is 38.2 Å². The highest BCUT2D eigenvalue weighted by atomic mass is 32.2. The number of sulfonamides is 1. The molecule has 1 aromatic heterocycles. The number of H-pyrrole nitrogens is 1. The van der Waals surface area contributed by atoms with Crippen molar-refractivity contribution in [1.82, 2.24) is 9.71 Å². The first-order valence-corrected chi connectivity index (χ1v) is 13.1. The second-order valence-corrected chi connectivity index (χ2v) is 10.8. The fraction of sp³-hybridized carbons (Fsp3) is 0.222. The van der Waals surface area contributed by atoms with E-state index in [9.17, 15) is 13.2 Å². The zero-order valence-corrected chi connectivity index (χ0v) is 20.5. The maximum atomic E-state index is 13.3. The van der Waals surface area contributed by atoms with Crippen LogP contribution in [0.25, 0.3) is 10.9 Å². The normalized spacial score (nSPS) is 14.4. The van der Waals surface area contributed by atoms with Gasteiger partial charge in [0.05, 0.1) is 4.90 Å². The van der Waals surface area contributed by atoms with Crippen LogP contribution in [0.15, 0.2) is 77.8 Å². The van der Waals surface area contributed by atoms with Gasteiger partial charge in [0.25, 0.3) is 0 Å². The third-order valence-electron chi connectivity index (χ3n) is 6.57. The van der Waals surface area contributed by atoms with E-state index in [4.69, 9.17) is 0 Å². The molecule has 1 unspecified atom stereocenters. The fourth-order valence-corrected chi connectivity index (χ4v) is 5.70. The molecule has 0 radical (unpaired) electrons. The summed E-state index contributed by atoms with van der Waals surface area (Å²) in [5.74, 6) is -0.234. The Morgan fingerprint density at radius 2 is 1.77 bits per heavy atom. The standard InChI is InChI=1S/C27H28N4O3S/c1-31(2)20-10-7-18(8-11-20)23(24-16-28-26-6-4-3-5-22(24)26)17-29-35(33,34)21-12-13-25-19(15-21)9-14-27(32)30-25/h3-8,10-13,15-16,23,28-29H,9,14,17H2,1-2H3,(H,30,32). The molecule has 35 heavy (non-hydrogen) atoms. The average Bonchev–Trinajstić information content (AvgIpc) is 3.28. The molecule has 0 fully saturated rings. The Morgan fingerprint density at radius 3 is 2.54 bits per heavy atom. The highest BCUT2D eigenvalue weighted by Crippen LogP contribution is 2.32. The minimum absolute atomic E-state index is 0.0481. The molecule has 4 aromatic rings. The fourth-order valence-electron chi connectivity index (χ4n) is 4.60. The monoisotopic (exact) mass is 488 g/mol. The first-order chi connectivity index (χ1) is 16.8. The predicted octanol–water partition coefficient (Wildman–Crippen LogP) is 4.23. The van der Waals surface area contributed by atoms with Crippen molar-refractivity contribution in [1.29, 1.82) is 0 Å². The summed E-state index contributed by atoms with van der Waals surface area (Å²) < 4.78 is 29.4. The molecule has 180 valence electrons. The number of aromatic nitrogens is 1. The molecule has 7 nitrogen and oxygen atoms in total. The summed E-state index contributed by atoms with van der Waals surface area (Å²) in [6.07, 6.45) is 2.85. The van der Waals surface area contributed by atoms with Gasteiger partial charge in [0.2, 0.25) is 15.9 Å². The highest BCUT2D eigenvalue weighted by Gasteiger charge is 2.24. The summed E-state index contributed by atoms with van der Waals surface area (Å²) in [4.78, 5) is 17.2. The van der Waals surface area contributed by atoms with Crippen LogP contribution in [-0.4, -0.2) is 39.9 Å². The van der Waals surface area contributed by atoms with E-state index in [1.165, 1.54) is 0 Å². The number of hydrogen-bond acceptors (Lipinski definition) is 4. The van der Waals surface area contributed by atoms with Crippen molar-refractivity contribution in [3.8, 4) is 0 Å². The molecule has 1 amide bonds. The van der Waals surface area contributed by atoms with Crippen LogP contribution < -0.4 is 14.9 Å². The molecule has 3 N–H and O–H groups in total. The highest BCUT2D eigenvalue weighted by molar-refractivity contribution is 7.89. The molecule has 2 heterocycles. The lowest BCUT2D eigenvalue weighted by molar-refractivity contribution is -0.116. The Hall–Kier alpha value is -3.62. The molecule has 0 saturated heterocycles. The van der Waals surface area contributed by atoms with E-state index in [2.05, 4.69) is 33.2 Å². The van der Waals surface area contributed by atoms with E-state index in [0.717, 1.165) is 33.3 Å². The lowest BCUT2D eigenvalue weighted by atomic mass is 9.91. The van der Waals surface area contributed by atoms with Gasteiger partial charge in [-0.1, -0.05) is 30.3 Å². The Bertz CT molecular complexity index is 1490. The molecule has 0 spiro atoms. The van der Waals surface area contributed by atoms with Crippen molar-refractivity contribution in [3.05, 3.63) is 89.6 Å². The van der Waals surface area contributed by atoms with Crippen LogP contribution in [0.5, 0.6) is 0 Å². The van der Waals surface area contributed by atoms with Gasteiger partial charge in [0, 0.05) is 61.5 Å². The number of amides is 1. The Morgan fingerprint density at radius 1 is 1.00 bits per heavy atom. The number of anilines is 2. The lowest BCUT2D eigenvalue weighted by Crippen LogP contribution is -2.29. The number of hydrogen-bond donors (Lipinski definition) is 3. The van der Waals surface area contributed by atoms with Crippen molar-refractivity contribution in [2.24, 2.45) is 0 Å². The Balaban J connectivity index is 1.46. The maximum absolute atomic E-state index is 13.3. The summed E-state index contributed by atoms with van der Waals surface area (Å²) in [6, 6.07) is 21.1. The SMILES string of the molecule is CN(C)c1ccc(C(CNS(=O)(=O)c2ccc3c(c2)CCC(=O)N3)c2c[nH]c3ccccc23)cc1. The lowest BCUT2D eigenvalue weighted by Gasteiger charge is -2.21. The van der Waals surface area contributed by atoms with E-state index in [1.54, 1.807) is 18.2 Å². The number of carbonyl (C=O) groups is 1. The van der Waals surface area contributed by atoms with Crippen molar-refractivity contribution < 1.29 is 13.2 Å². The van der Waals surface area contributed by atoms with Crippen molar-refractivity contribution in [2.45, 2.75) is 23.7 Å². The Kier molecular flexibility index (Phi) is 6.08. The second-order valence-electron chi connectivity index (χ2n) is 9.05. The molecule has 0 bridgehead atoms. The van der Waals surface area contributed by atoms with E-state index in [1.807, 2.05) is 55.5 Å². The number of carbonyl (C=O) groups excluding carboxylic acids is 1. The largest absolute Gasteiger partial charge is 0.378 e. The predicted molar refractivity (Wildman–Crippen MR) is 139 cm³/mol. The molecule has 0 saturated carbocycles. The molecule has 8 heteroatoms. The van der Waals surface area contributed by atoms with Gasteiger partial charge < -0.3 is 15.2 Å². The molecule has 1 aliphatic heterocycles. The summed E-state index contributed by atoms with van der Waals surface area (Å²) >= 11 is 0. The van der Waals surface area contributed by atoms with Crippen molar-refractivity contribution in [3.63, 3.8) is 0 Å². The number of aromatic amines is 1. The van der Waals surface area contributed by atoms with Crippen LogP contribution >= 0.6 is 0 Å². The first kappa shape index (κ1) is 23.1. The number of para-hydroxylation sites is 1. The number of fused-ring (bicyclic) bond motifs is 2. The summed E-state index contributed by atoms with van der Waals surface area (Å²) in [6.45, 7) is 0.208. The van der Waals surface area contributed by atoms with Gasteiger partial charge in [-0.3, -0.25) is 4.79 Å². The zero-order valence-electron chi connectivity index (χ0n) is 19.7. The third-order valence-corrected chi connectivity index (χ3v) is 7.99. The molecule has 5 rings (SSSR count). The average molecular weight is 489 g/mol. The number of benzene rings is 3. The van der Waals surface area contributed by atoms with Crippen molar-refractivity contribution in [2.75, 3.05) is 30.9 Å². The molecule has 3 aromatic carbocycles. The zero-order chi connectivity index (χ0) is 24.6. The Labute approximate surface area is 205 Å². The molecular formula is C27H28N4O3S. The minimum atomic E-state index is -3.76. The van der Waals surface area contributed by atoms with E-state index in [-0.39, 0.29) is 23.3 Å². The van der Waals surface area contributed by atoms with Gasteiger partial charge in [-0.15, -0.1) is 0 Å². The third kappa shape index (κ3) is 4.67. The smallest absolute Gasteiger partial charge is 0.240 e. The number of nitrogens with zero attached hydrogens (tertiary/aromatic N) is 1. The van der Waals surface area contributed by atoms with Crippen LogP contribution in [0, 0.1) is 0 Å². The van der Waals surface area contributed by atoms with Crippen LogP contribution in [-0.2, 0) is 21.2 Å². The summed E-state index contributed by atoms with van der Waals surface area (Å²) in [5, 5.41) is 3.86. The van der Waals surface area contributed by atoms with E-state index in [0.29, 0.717) is 18.5 Å². The van der Waals surface area contributed by atoms with Gasteiger partial charge in [-0.25, -0.2) is 13.1 Å². The van der Waals surface area contributed by atoms with Crippen LogP contribution in [0.4, 0.5) is 11.4 Å². The van der Waals surface area contributed by atoms with Crippen LogP contribution in [0.2, 0.25) is 0 Å². The number of nitrogens with one attached hydrogen (secondary N) is 3. The van der Waals surface area contributed by atoms with E-state index < -0.39 is 10.0 Å². The first-order valence-electron chi connectivity index (χ1n) is 11.6. The van der Waals surface area contributed by atoms with E-state index >= 15 is 0 Å². The summed E-state index contributed by atoms with van der Waals surface area (Å²) in [7, 11) is 0.223. The summed E-state index contributed by atoms with van der Waals surface area (Å²) in [5.41, 5.74) is 5.66. The number of rotatable bonds is 7. The molecule has 0 aliphatic carbocycles. The van der Waals surface area contributed by atoms with Gasteiger partial charge in [0.1, 0.15) is 0 Å². The minimum Gasteiger partial charge on any atom is -0.378 e. The van der Waals surface area contributed by atoms with Gasteiger partial charge in [0.15, 0.2) is 0 Å². The molecular weight excluding hydrogens is 460 g/mol. The molecule has 1 atom stereocenters. The maximum Gasteiger partial charge on any atom is 0.240 e. The molecule has 1 aliphatic rings. The second kappa shape index (κ2) is 9.20. The van der Waals surface area contributed by atoms with Gasteiger partial charge >= 0.3 is 0 Å². The van der Waals surface area contributed by atoms with Crippen LogP contribution in [0.1, 0.15) is 29.0 Å². The van der Waals surface area contributed by atoms with Crippen LogP contribution in [0.3, 0.4) is 0 Å².